The Kier molecular flexibility index (Phi) is 31.7. The van der Waals surface area contributed by atoms with E-state index in [0.717, 1.165) is 25.7 Å². The number of hydrogen-bond acceptors (Lipinski definition) is 3. The molecule has 0 fully saturated rings. The zero-order valence-corrected chi connectivity index (χ0v) is 38.3. The van der Waals surface area contributed by atoms with E-state index in [-0.39, 0.29) is 6.61 Å². The van der Waals surface area contributed by atoms with Crippen molar-refractivity contribution in [3.05, 3.63) is 50.6 Å². The lowest BCUT2D eigenvalue weighted by atomic mass is 10.0. The van der Waals surface area contributed by atoms with Crippen molar-refractivity contribution in [1.82, 2.24) is 0 Å². The highest BCUT2D eigenvalue weighted by atomic mass is 127. The molecule has 2 rings (SSSR count). The molecule has 2 aromatic rings. The molecule has 0 amide bonds. The van der Waals surface area contributed by atoms with E-state index in [1.165, 1.54) is 202 Å². The summed E-state index contributed by atoms with van der Waals surface area (Å²) in [5, 5.41) is 0. The first-order valence-electron chi connectivity index (χ1n) is 23.4. The maximum absolute atomic E-state index is 14.5. The fourth-order valence-corrected chi connectivity index (χ4v) is 7.90. The molecule has 0 aliphatic rings. The number of rotatable bonds is 39. The summed E-state index contributed by atoms with van der Waals surface area (Å²) in [5.41, 5.74) is 0.527. The van der Waals surface area contributed by atoms with Crippen LogP contribution in [0.25, 0.3) is 0 Å². The summed E-state index contributed by atoms with van der Waals surface area (Å²) in [4.78, 5) is 0. The first-order valence-corrected chi connectivity index (χ1v) is 24.5. The quantitative estimate of drug-likeness (QED) is 0.0220. The number of hydrogen-bond donors (Lipinski definition) is 0. The van der Waals surface area contributed by atoms with E-state index >= 15 is 0 Å². The number of halogens is 5. The molecule has 0 aromatic heterocycles. The van der Waals surface area contributed by atoms with E-state index in [2.05, 4.69) is 13.8 Å². The summed E-state index contributed by atoms with van der Waals surface area (Å²) < 4.78 is 74.1. The van der Waals surface area contributed by atoms with Gasteiger partial charge in [0.15, 0.2) is 17.4 Å². The lowest BCUT2D eigenvalue weighted by Gasteiger charge is -2.14. The van der Waals surface area contributed by atoms with Gasteiger partial charge in [-0.05, 0) is 53.1 Å². The first kappa shape index (κ1) is 51.4. The summed E-state index contributed by atoms with van der Waals surface area (Å²) in [6.07, 6.45) is 41.6. The van der Waals surface area contributed by atoms with Crippen molar-refractivity contribution in [3.63, 3.8) is 0 Å². The van der Waals surface area contributed by atoms with Crippen LogP contribution < -0.4 is 14.2 Å². The van der Waals surface area contributed by atoms with Crippen molar-refractivity contribution in [1.29, 1.82) is 0 Å². The number of unbranched alkanes of at least 4 members (excludes halogenated alkanes) is 30. The van der Waals surface area contributed by atoms with Crippen LogP contribution in [0.1, 0.15) is 225 Å². The fourth-order valence-electron chi connectivity index (χ4n) is 7.43. The van der Waals surface area contributed by atoms with Gasteiger partial charge in [-0.25, -0.2) is 8.78 Å². The number of benzene rings is 2. The number of ether oxygens (including phenoxy) is 3. The third-order valence-corrected chi connectivity index (χ3v) is 12.0. The second-order valence-electron chi connectivity index (χ2n) is 16.3. The van der Waals surface area contributed by atoms with Gasteiger partial charge in [0.2, 0.25) is 11.6 Å². The molecule has 57 heavy (non-hydrogen) atoms. The Labute approximate surface area is 359 Å². The molecule has 8 heteroatoms. The molecule has 0 atom stereocenters. The van der Waals surface area contributed by atoms with Gasteiger partial charge in [0.05, 0.1) is 16.8 Å². The molecular formula is C49H79F4IO3. The maximum atomic E-state index is 14.5. The average Bonchev–Trinajstić information content (AvgIpc) is 3.21. The summed E-state index contributed by atoms with van der Waals surface area (Å²) in [5.74, 6) is -5.96. The molecular weight excluding hydrogens is 839 g/mol. The third-order valence-electron chi connectivity index (χ3n) is 11.0. The average molecular weight is 919 g/mol. The van der Waals surface area contributed by atoms with Crippen LogP contribution in [0.4, 0.5) is 17.6 Å². The summed E-state index contributed by atoms with van der Waals surface area (Å²) in [7, 11) is 0. The van der Waals surface area contributed by atoms with Crippen LogP contribution in [0.2, 0.25) is 0 Å². The largest absolute Gasteiger partial charge is 0.493 e. The predicted molar refractivity (Wildman–Crippen MR) is 240 cm³/mol. The Morgan fingerprint density at radius 3 is 0.947 bits per heavy atom. The van der Waals surface area contributed by atoms with Crippen molar-refractivity contribution in [2.24, 2.45) is 0 Å². The lowest BCUT2D eigenvalue weighted by Crippen LogP contribution is -2.07. The molecule has 0 heterocycles. The minimum atomic E-state index is -1.55. The van der Waals surface area contributed by atoms with Gasteiger partial charge in [0.25, 0.3) is 0 Å². The van der Waals surface area contributed by atoms with Crippen molar-refractivity contribution in [3.8, 4) is 17.2 Å². The highest BCUT2D eigenvalue weighted by molar-refractivity contribution is 14.1. The molecule has 3 nitrogen and oxygen atoms in total. The van der Waals surface area contributed by atoms with Gasteiger partial charge in [-0.3, -0.25) is 0 Å². The highest BCUT2D eigenvalue weighted by Gasteiger charge is 2.25. The van der Waals surface area contributed by atoms with Crippen molar-refractivity contribution in [2.45, 2.75) is 226 Å². The van der Waals surface area contributed by atoms with Crippen molar-refractivity contribution >= 4 is 22.6 Å². The van der Waals surface area contributed by atoms with Gasteiger partial charge in [0, 0.05) is 6.07 Å². The summed E-state index contributed by atoms with van der Waals surface area (Å²) in [6, 6.07) is 5.28. The second-order valence-corrected chi connectivity index (χ2v) is 17.4. The Morgan fingerprint density at radius 1 is 0.368 bits per heavy atom. The standard InChI is InChI=1S/C49H79F4IO3/c1-3-5-7-9-11-13-15-17-19-21-23-25-27-29-31-33-35-55-42-37-41(40-57-49-46(52)44(50)48(54)45(51)47(49)53)38-43(39-42)56-36-34-32-30-28-26-24-22-20-18-16-14-12-10-8-6-4-2/h37-39H,3-36,40H2,1-2H3. The monoisotopic (exact) mass is 919 g/mol. The van der Waals surface area contributed by atoms with Gasteiger partial charge < -0.3 is 14.2 Å². The first-order chi connectivity index (χ1) is 27.9. The molecule has 0 spiro atoms. The van der Waals surface area contributed by atoms with Crippen LogP contribution in [0.3, 0.4) is 0 Å². The van der Waals surface area contributed by atoms with Gasteiger partial charge in [-0.15, -0.1) is 0 Å². The molecule has 2 aromatic carbocycles. The minimum absolute atomic E-state index is 0.307. The van der Waals surface area contributed by atoms with E-state index in [1.807, 2.05) is 6.07 Å². The zero-order chi connectivity index (χ0) is 41.2. The molecule has 0 unspecified atom stereocenters. The highest BCUT2D eigenvalue weighted by Crippen LogP contribution is 2.32. The second kappa shape index (κ2) is 35.1. The van der Waals surface area contributed by atoms with E-state index in [0.29, 0.717) is 30.3 Å². The molecule has 0 N–H and O–H groups in total. The Morgan fingerprint density at radius 2 is 0.649 bits per heavy atom. The van der Waals surface area contributed by atoms with E-state index in [1.54, 1.807) is 12.1 Å². The molecule has 328 valence electrons. The Balaban J connectivity index is 1.69. The van der Waals surface area contributed by atoms with E-state index in [9.17, 15) is 17.6 Å². The van der Waals surface area contributed by atoms with Gasteiger partial charge in [-0.2, -0.15) is 8.78 Å². The zero-order valence-electron chi connectivity index (χ0n) is 36.1. The van der Waals surface area contributed by atoms with Gasteiger partial charge >= 0.3 is 0 Å². The summed E-state index contributed by atoms with van der Waals surface area (Å²) in [6.45, 7) is 5.31. The van der Waals surface area contributed by atoms with Crippen LogP contribution in [0.15, 0.2) is 18.2 Å². The molecule has 0 saturated heterocycles. The van der Waals surface area contributed by atoms with Gasteiger partial charge in [0.1, 0.15) is 18.1 Å². The predicted octanol–water partition coefficient (Wildman–Crippen LogP) is 17.7. The van der Waals surface area contributed by atoms with E-state index in [4.69, 9.17) is 14.2 Å². The fraction of sp³-hybridized carbons (Fsp3) is 0.755. The van der Waals surface area contributed by atoms with Crippen LogP contribution in [-0.2, 0) is 6.61 Å². The molecule has 0 aliphatic heterocycles. The van der Waals surface area contributed by atoms with Gasteiger partial charge in [-0.1, -0.05) is 206 Å². The van der Waals surface area contributed by atoms with Crippen LogP contribution in [-0.4, -0.2) is 13.2 Å². The Hall–Kier alpha value is -1.71. The molecule has 0 saturated carbocycles. The maximum Gasteiger partial charge on any atom is 0.205 e. The minimum Gasteiger partial charge on any atom is -0.493 e. The van der Waals surface area contributed by atoms with E-state index < -0.39 is 32.6 Å². The lowest BCUT2D eigenvalue weighted by molar-refractivity contribution is 0.256. The molecule has 0 bridgehead atoms. The van der Waals surface area contributed by atoms with Crippen molar-refractivity contribution < 1.29 is 31.8 Å². The topological polar surface area (TPSA) is 27.7 Å². The molecule has 0 aliphatic carbocycles. The third kappa shape index (κ3) is 24.8. The molecule has 0 radical (unpaired) electrons. The SMILES string of the molecule is CCCCCCCCCCCCCCCCCCOc1cc(COc2c(F)c(F)c(I)c(F)c2F)cc(OCCCCCCCCCCCCCCCCCC)c1. The smallest absolute Gasteiger partial charge is 0.205 e. The van der Waals surface area contributed by atoms with Crippen molar-refractivity contribution in [2.75, 3.05) is 13.2 Å². The summed E-state index contributed by atoms with van der Waals surface area (Å²) >= 11 is 1.24. The van der Waals surface area contributed by atoms with Crippen LogP contribution in [0.5, 0.6) is 17.2 Å². The normalized spacial score (nSPS) is 11.4. The Bertz CT molecular complexity index is 1190. The van der Waals surface area contributed by atoms with Crippen LogP contribution in [0, 0.1) is 26.8 Å². The van der Waals surface area contributed by atoms with Crippen LogP contribution >= 0.6 is 22.6 Å².